The standard InChI is InChI=1S/C15H22N4O2/c1-4-8-19-14(17-10-18-19)9-11(16)15-12(20-2)6-5-7-13(15)21-3/h5-7,10-11H,4,8-9,16H2,1-3H3. The van der Waals surface area contributed by atoms with Gasteiger partial charge in [-0.15, -0.1) is 0 Å². The summed E-state index contributed by atoms with van der Waals surface area (Å²) >= 11 is 0. The van der Waals surface area contributed by atoms with Crippen LogP contribution in [0.2, 0.25) is 0 Å². The predicted octanol–water partition coefficient (Wildman–Crippen LogP) is 1.95. The van der Waals surface area contributed by atoms with Crippen molar-refractivity contribution in [2.45, 2.75) is 32.4 Å². The SMILES string of the molecule is CCCn1ncnc1CC(N)c1c(OC)cccc1OC. The molecule has 1 heterocycles. The van der Waals surface area contributed by atoms with E-state index in [0.29, 0.717) is 6.42 Å². The largest absolute Gasteiger partial charge is 0.496 e. The number of hydrogen-bond acceptors (Lipinski definition) is 5. The van der Waals surface area contributed by atoms with Crippen molar-refractivity contribution < 1.29 is 9.47 Å². The number of hydrogen-bond donors (Lipinski definition) is 1. The Labute approximate surface area is 124 Å². The molecule has 2 N–H and O–H groups in total. The monoisotopic (exact) mass is 290 g/mol. The number of methoxy groups -OCH3 is 2. The van der Waals surface area contributed by atoms with Crippen LogP contribution in [0.15, 0.2) is 24.5 Å². The second kappa shape index (κ2) is 7.08. The zero-order valence-corrected chi connectivity index (χ0v) is 12.7. The van der Waals surface area contributed by atoms with Crippen LogP contribution in [0, 0.1) is 0 Å². The van der Waals surface area contributed by atoms with E-state index in [9.17, 15) is 0 Å². The summed E-state index contributed by atoms with van der Waals surface area (Å²) in [7, 11) is 3.26. The molecule has 0 amide bonds. The Bertz CT molecular complexity index is 561. The minimum absolute atomic E-state index is 0.268. The Morgan fingerprint density at radius 3 is 2.48 bits per heavy atom. The van der Waals surface area contributed by atoms with Gasteiger partial charge in [0.15, 0.2) is 0 Å². The number of nitrogens with two attached hydrogens (primary N) is 1. The first kappa shape index (κ1) is 15.3. The zero-order valence-electron chi connectivity index (χ0n) is 12.7. The summed E-state index contributed by atoms with van der Waals surface area (Å²) in [5.41, 5.74) is 7.22. The van der Waals surface area contributed by atoms with Crippen molar-refractivity contribution in [3.63, 3.8) is 0 Å². The Morgan fingerprint density at radius 1 is 1.24 bits per heavy atom. The maximum absolute atomic E-state index is 6.36. The molecule has 6 heteroatoms. The molecule has 1 aromatic carbocycles. The fourth-order valence-corrected chi connectivity index (χ4v) is 2.39. The molecule has 0 aliphatic rings. The average molecular weight is 290 g/mol. The Morgan fingerprint density at radius 2 is 1.90 bits per heavy atom. The third-order valence-electron chi connectivity index (χ3n) is 3.37. The van der Waals surface area contributed by atoms with Gasteiger partial charge in [0.1, 0.15) is 23.7 Å². The van der Waals surface area contributed by atoms with Gasteiger partial charge in [0, 0.05) is 19.0 Å². The number of rotatable bonds is 7. The van der Waals surface area contributed by atoms with E-state index in [0.717, 1.165) is 35.9 Å². The van der Waals surface area contributed by atoms with Crippen LogP contribution in [0.5, 0.6) is 11.5 Å². The van der Waals surface area contributed by atoms with E-state index in [1.807, 2.05) is 22.9 Å². The Balaban J connectivity index is 2.27. The molecule has 0 bridgehead atoms. The van der Waals surface area contributed by atoms with Gasteiger partial charge < -0.3 is 15.2 Å². The van der Waals surface area contributed by atoms with Gasteiger partial charge in [-0.2, -0.15) is 5.10 Å². The van der Waals surface area contributed by atoms with Crippen molar-refractivity contribution >= 4 is 0 Å². The predicted molar refractivity (Wildman–Crippen MR) is 80.5 cm³/mol. The normalized spacial score (nSPS) is 12.2. The highest BCUT2D eigenvalue weighted by Gasteiger charge is 2.20. The maximum Gasteiger partial charge on any atom is 0.138 e. The van der Waals surface area contributed by atoms with Crippen molar-refractivity contribution in [2.75, 3.05) is 14.2 Å². The third kappa shape index (κ3) is 3.33. The molecule has 2 rings (SSSR count). The Hall–Kier alpha value is -2.08. The second-order valence-electron chi connectivity index (χ2n) is 4.79. The fourth-order valence-electron chi connectivity index (χ4n) is 2.39. The highest BCUT2D eigenvalue weighted by Crippen LogP contribution is 2.34. The number of ether oxygens (including phenoxy) is 2. The molecule has 0 spiro atoms. The molecule has 6 nitrogen and oxygen atoms in total. The summed E-state index contributed by atoms with van der Waals surface area (Å²) in [6.07, 6.45) is 3.15. The van der Waals surface area contributed by atoms with Crippen LogP contribution < -0.4 is 15.2 Å². The van der Waals surface area contributed by atoms with E-state index in [4.69, 9.17) is 15.2 Å². The number of nitrogens with zero attached hydrogens (tertiary/aromatic N) is 3. The van der Waals surface area contributed by atoms with Crippen molar-refractivity contribution in [3.8, 4) is 11.5 Å². The van der Waals surface area contributed by atoms with Gasteiger partial charge in [-0.1, -0.05) is 13.0 Å². The van der Waals surface area contributed by atoms with Crippen LogP contribution >= 0.6 is 0 Å². The average Bonchev–Trinajstić information content (AvgIpc) is 2.93. The fraction of sp³-hybridized carbons (Fsp3) is 0.467. The van der Waals surface area contributed by atoms with E-state index in [1.165, 1.54) is 0 Å². The molecule has 0 radical (unpaired) electrons. The summed E-state index contributed by atoms with van der Waals surface area (Å²) < 4.78 is 12.7. The summed E-state index contributed by atoms with van der Waals surface area (Å²) in [4.78, 5) is 4.30. The maximum atomic E-state index is 6.36. The molecule has 21 heavy (non-hydrogen) atoms. The summed E-state index contributed by atoms with van der Waals surface area (Å²) in [6.45, 7) is 2.94. The lowest BCUT2D eigenvalue weighted by molar-refractivity contribution is 0.377. The molecule has 114 valence electrons. The van der Waals surface area contributed by atoms with Crippen LogP contribution in [-0.2, 0) is 13.0 Å². The van der Waals surface area contributed by atoms with E-state index in [-0.39, 0.29) is 6.04 Å². The van der Waals surface area contributed by atoms with Gasteiger partial charge >= 0.3 is 0 Å². The van der Waals surface area contributed by atoms with Crippen LogP contribution in [0.4, 0.5) is 0 Å². The molecule has 0 saturated heterocycles. The van der Waals surface area contributed by atoms with Gasteiger partial charge in [0.2, 0.25) is 0 Å². The van der Waals surface area contributed by atoms with E-state index in [2.05, 4.69) is 17.0 Å². The molecule has 0 aliphatic carbocycles. The Kier molecular flexibility index (Phi) is 5.16. The van der Waals surface area contributed by atoms with Crippen molar-refractivity contribution in [2.24, 2.45) is 5.73 Å². The minimum Gasteiger partial charge on any atom is -0.496 e. The molecule has 0 aliphatic heterocycles. The first-order valence-corrected chi connectivity index (χ1v) is 7.04. The van der Waals surface area contributed by atoms with Crippen LogP contribution in [0.3, 0.4) is 0 Å². The van der Waals surface area contributed by atoms with Crippen molar-refractivity contribution in [1.29, 1.82) is 0 Å². The van der Waals surface area contributed by atoms with E-state index in [1.54, 1.807) is 20.5 Å². The van der Waals surface area contributed by atoms with Crippen molar-refractivity contribution in [1.82, 2.24) is 14.8 Å². The van der Waals surface area contributed by atoms with Crippen LogP contribution in [0.25, 0.3) is 0 Å². The summed E-state index contributed by atoms with van der Waals surface area (Å²) in [6, 6.07) is 5.38. The van der Waals surface area contributed by atoms with E-state index < -0.39 is 0 Å². The summed E-state index contributed by atoms with van der Waals surface area (Å²) in [5.74, 6) is 2.32. The zero-order chi connectivity index (χ0) is 15.2. The number of benzene rings is 1. The highest BCUT2D eigenvalue weighted by atomic mass is 16.5. The van der Waals surface area contributed by atoms with Gasteiger partial charge in [0.25, 0.3) is 0 Å². The lowest BCUT2D eigenvalue weighted by Crippen LogP contribution is -2.18. The van der Waals surface area contributed by atoms with Crippen molar-refractivity contribution in [3.05, 3.63) is 35.9 Å². The molecular weight excluding hydrogens is 268 g/mol. The van der Waals surface area contributed by atoms with Crippen LogP contribution in [0.1, 0.15) is 30.8 Å². The topological polar surface area (TPSA) is 75.2 Å². The smallest absolute Gasteiger partial charge is 0.138 e. The number of aryl methyl sites for hydroxylation is 1. The van der Waals surface area contributed by atoms with Gasteiger partial charge in [0.05, 0.1) is 19.8 Å². The third-order valence-corrected chi connectivity index (χ3v) is 3.37. The second-order valence-corrected chi connectivity index (χ2v) is 4.79. The highest BCUT2D eigenvalue weighted by molar-refractivity contribution is 5.47. The minimum atomic E-state index is -0.268. The molecular formula is C15H22N4O2. The molecule has 1 unspecified atom stereocenters. The first-order chi connectivity index (χ1) is 10.2. The lowest BCUT2D eigenvalue weighted by atomic mass is 10.0. The summed E-state index contributed by atoms with van der Waals surface area (Å²) in [5, 5.41) is 4.23. The van der Waals surface area contributed by atoms with E-state index >= 15 is 0 Å². The lowest BCUT2D eigenvalue weighted by Gasteiger charge is -2.18. The molecule has 2 aromatic rings. The molecule has 0 fully saturated rings. The quantitative estimate of drug-likeness (QED) is 0.843. The molecule has 1 atom stereocenters. The first-order valence-electron chi connectivity index (χ1n) is 7.04. The van der Waals surface area contributed by atoms with Gasteiger partial charge in [-0.3, -0.25) is 4.68 Å². The molecule has 0 saturated carbocycles. The number of aromatic nitrogens is 3. The van der Waals surface area contributed by atoms with Gasteiger partial charge in [-0.05, 0) is 18.6 Å². The molecule has 1 aromatic heterocycles. The van der Waals surface area contributed by atoms with Gasteiger partial charge in [-0.25, -0.2) is 4.98 Å². The van der Waals surface area contributed by atoms with Crippen LogP contribution in [-0.4, -0.2) is 29.0 Å².